The van der Waals surface area contributed by atoms with Crippen LogP contribution in [0.25, 0.3) is 0 Å². The van der Waals surface area contributed by atoms with E-state index in [9.17, 15) is 9.90 Å². The monoisotopic (exact) mass is 251 g/mol. The normalized spacial score (nSPS) is 44.1. The van der Waals surface area contributed by atoms with Crippen LogP contribution in [0.3, 0.4) is 0 Å². The minimum absolute atomic E-state index is 0.122. The first-order chi connectivity index (χ1) is 8.33. The summed E-state index contributed by atoms with van der Waals surface area (Å²) in [7, 11) is 0. The zero-order valence-electron chi connectivity index (χ0n) is 11.5. The fourth-order valence-corrected chi connectivity index (χ4v) is 5.46. The largest absolute Gasteiger partial charge is 0.481 e. The van der Waals surface area contributed by atoms with Gasteiger partial charge in [-0.15, -0.1) is 0 Å². The molecule has 0 heterocycles. The molecular weight excluding hydrogens is 226 g/mol. The van der Waals surface area contributed by atoms with Crippen LogP contribution in [0, 0.1) is 28.6 Å². The minimum Gasteiger partial charge on any atom is -0.481 e. The fraction of sp³-hybridized carbons (Fsp3) is 0.933. The Morgan fingerprint density at radius 2 is 1.56 bits per heavy atom. The number of aliphatic carboxylic acids is 1. The molecule has 0 amide bonds. The van der Waals surface area contributed by atoms with Gasteiger partial charge in [-0.05, 0) is 75.5 Å². The van der Waals surface area contributed by atoms with E-state index in [1.165, 1.54) is 38.5 Å². The summed E-state index contributed by atoms with van der Waals surface area (Å²) in [5, 5.41) is 9.43. The van der Waals surface area contributed by atoms with Gasteiger partial charge in [-0.2, -0.15) is 0 Å². The second-order valence-corrected chi connectivity index (χ2v) is 7.78. The van der Waals surface area contributed by atoms with Crippen molar-refractivity contribution in [2.45, 2.75) is 58.4 Å². The topological polar surface area (TPSA) is 63.3 Å². The molecule has 4 aliphatic carbocycles. The van der Waals surface area contributed by atoms with Crippen molar-refractivity contribution in [3.05, 3.63) is 0 Å². The van der Waals surface area contributed by atoms with E-state index in [1.54, 1.807) is 13.8 Å². The van der Waals surface area contributed by atoms with E-state index < -0.39 is 11.4 Å². The van der Waals surface area contributed by atoms with Gasteiger partial charge in [0.15, 0.2) is 0 Å². The van der Waals surface area contributed by atoms with Crippen molar-refractivity contribution in [2.24, 2.45) is 34.3 Å². The van der Waals surface area contributed by atoms with Crippen LogP contribution in [-0.4, -0.2) is 17.1 Å². The molecular formula is C15H25NO2. The first kappa shape index (κ1) is 12.5. The van der Waals surface area contributed by atoms with Crippen molar-refractivity contribution in [1.29, 1.82) is 0 Å². The van der Waals surface area contributed by atoms with E-state index in [2.05, 4.69) is 0 Å². The summed E-state index contributed by atoms with van der Waals surface area (Å²) < 4.78 is 0. The lowest BCUT2D eigenvalue weighted by Crippen LogP contribution is -2.60. The molecule has 1 unspecified atom stereocenters. The van der Waals surface area contributed by atoms with Crippen LogP contribution in [0.15, 0.2) is 0 Å². The number of hydrogen-bond acceptors (Lipinski definition) is 2. The Balaban J connectivity index is 1.89. The van der Waals surface area contributed by atoms with Gasteiger partial charge in [-0.3, -0.25) is 4.79 Å². The number of nitrogens with two attached hydrogens (primary N) is 1. The maximum absolute atomic E-state index is 11.5. The first-order valence-corrected chi connectivity index (χ1v) is 7.32. The highest BCUT2D eigenvalue weighted by molar-refractivity contribution is 5.74. The van der Waals surface area contributed by atoms with Crippen LogP contribution in [0.4, 0.5) is 0 Å². The van der Waals surface area contributed by atoms with Gasteiger partial charge >= 0.3 is 5.97 Å². The number of carboxylic acid groups (broad SMARTS) is 1. The van der Waals surface area contributed by atoms with Gasteiger partial charge < -0.3 is 10.8 Å². The molecule has 0 aromatic heterocycles. The molecule has 0 aromatic carbocycles. The maximum Gasteiger partial charge on any atom is 0.310 e. The Morgan fingerprint density at radius 3 is 1.89 bits per heavy atom. The zero-order valence-corrected chi connectivity index (χ0v) is 11.5. The lowest BCUT2D eigenvalue weighted by Gasteiger charge is -2.60. The second-order valence-electron chi connectivity index (χ2n) is 7.78. The molecule has 3 N–H and O–H groups in total. The van der Waals surface area contributed by atoms with Gasteiger partial charge in [0, 0.05) is 6.04 Å². The molecule has 1 atom stereocenters. The van der Waals surface area contributed by atoms with Crippen molar-refractivity contribution in [2.75, 3.05) is 0 Å². The number of carboxylic acids is 1. The SMILES string of the molecule is CC(C)(C(=O)O)C(N)C12CC3CC(CC(C3)C1)C2. The third kappa shape index (κ3) is 1.63. The Morgan fingerprint density at radius 1 is 1.17 bits per heavy atom. The quantitative estimate of drug-likeness (QED) is 0.810. The molecule has 3 heteroatoms. The molecule has 0 aliphatic heterocycles. The summed E-state index contributed by atoms with van der Waals surface area (Å²) in [4.78, 5) is 11.5. The second kappa shape index (κ2) is 3.72. The van der Waals surface area contributed by atoms with Gasteiger partial charge in [0.1, 0.15) is 0 Å². The van der Waals surface area contributed by atoms with Crippen molar-refractivity contribution >= 4 is 5.97 Å². The van der Waals surface area contributed by atoms with Gasteiger partial charge in [-0.25, -0.2) is 0 Å². The summed E-state index contributed by atoms with van der Waals surface area (Å²) in [5.74, 6) is 1.73. The van der Waals surface area contributed by atoms with Crippen LogP contribution in [0.5, 0.6) is 0 Å². The Bertz CT molecular complexity index is 339. The summed E-state index contributed by atoms with van der Waals surface area (Å²) in [6.45, 7) is 3.61. The van der Waals surface area contributed by atoms with Crippen LogP contribution in [-0.2, 0) is 4.79 Å². The molecule has 18 heavy (non-hydrogen) atoms. The van der Waals surface area contributed by atoms with Gasteiger partial charge in [-0.1, -0.05) is 0 Å². The predicted molar refractivity (Wildman–Crippen MR) is 70.0 cm³/mol. The number of rotatable bonds is 3. The molecule has 4 bridgehead atoms. The molecule has 4 saturated carbocycles. The average molecular weight is 251 g/mol. The highest BCUT2D eigenvalue weighted by atomic mass is 16.4. The van der Waals surface area contributed by atoms with Crippen molar-refractivity contribution in [3.63, 3.8) is 0 Å². The fourth-order valence-electron chi connectivity index (χ4n) is 5.46. The Labute approximate surface area is 109 Å². The zero-order chi connectivity index (χ0) is 13.1. The van der Waals surface area contributed by atoms with Crippen LogP contribution < -0.4 is 5.73 Å². The molecule has 0 spiro atoms. The van der Waals surface area contributed by atoms with Crippen molar-refractivity contribution < 1.29 is 9.90 Å². The van der Waals surface area contributed by atoms with Crippen molar-refractivity contribution in [1.82, 2.24) is 0 Å². The van der Waals surface area contributed by atoms with Crippen LogP contribution in [0.2, 0.25) is 0 Å². The summed E-state index contributed by atoms with van der Waals surface area (Å²) in [6.07, 6.45) is 7.66. The molecule has 4 aliphatic rings. The standard InChI is InChI=1S/C15H25NO2/c1-14(2,13(17)18)12(16)15-6-9-3-10(7-15)5-11(4-9)8-15/h9-12H,3-8,16H2,1-2H3,(H,17,18). The Hall–Kier alpha value is -0.570. The smallest absolute Gasteiger partial charge is 0.310 e. The van der Waals surface area contributed by atoms with E-state index in [4.69, 9.17) is 5.73 Å². The van der Waals surface area contributed by atoms with Crippen LogP contribution in [0.1, 0.15) is 52.4 Å². The average Bonchev–Trinajstić information content (AvgIpc) is 2.25. The lowest BCUT2D eigenvalue weighted by molar-refractivity contribution is -0.155. The predicted octanol–water partition coefficient (Wildman–Crippen LogP) is 2.64. The number of carbonyl (C=O) groups is 1. The molecule has 4 fully saturated rings. The summed E-state index contributed by atoms with van der Waals surface area (Å²) in [5.41, 5.74) is 5.79. The van der Waals surface area contributed by atoms with Gasteiger partial charge in [0.2, 0.25) is 0 Å². The lowest BCUT2D eigenvalue weighted by atomic mass is 9.45. The minimum atomic E-state index is -0.800. The summed E-state index contributed by atoms with van der Waals surface area (Å²) in [6, 6.07) is -0.198. The molecule has 102 valence electrons. The van der Waals surface area contributed by atoms with E-state index in [0.717, 1.165) is 17.8 Å². The Kier molecular flexibility index (Phi) is 2.58. The highest BCUT2D eigenvalue weighted by Gasteiger charge is 2.57. The molecule has 0 radical (unpaired) electrons. The number of hydrogen-bond donors (Lipinski definition) is 2. The van der Waals surface area contributed by atoms with E-state index in [1.807, 2.05) is 0 Å². The summed E-state index contributed by atoms with van der Waals surface area (Å²) >= 11 is 0. The first-order valence-electron chi connectivity index (χ1n) is 7.32. The van der Waals surface area contributed by atoms with E-state index in [-0.39, 0.29) is 11.5 Å². The van der Waals surface area contributed by atoms with E-state index in [0.29, 0.717) is 0 Å². The maximum atomic E-state index is 11.5. The highest BCUT2D eigenvalue weighted by Crippen LogP contribution is 2.62. The third-order valence-corrected chi connectivity index (χ3v) is 6.07. The van der Waals surface area contributed by atoms with Crippen molar-refractivity contribution in [3.8, 4) is 0 Å². The molecule has 3 nitrogen and oxygen atoms in total. The van der Waals surface area contributed by atoms with Crippen LogP contribution >= 0.6 is 0 Å². The van der Waals surface area contributed by atoms with Gasteiger partial charge in [0.05, 0.1) is 5.41 Å². The molecule has 4 rings (SSSR count). The van der Waals surface area contributed by atoms with E-state index >= 15 is 0 Å². The third-order valence-electron chi connectivity index (χ3n) is 6.07. The molecule has 0 aromatic rings. The van der Waals surface area contributed by atoms with Gasteiger partial charge in [0.25, 0.3) is 0 Å². The molecule has 0 saturated heterocycles.